The fourth-order valence-electron chi connectivity index (χ4n) is 2.88. The van der Waals surface area contributed by atoms with Crippen LogP contribution in [0.4, 0.5) is 0 Å². The third-order valence-corrected chi connectivity index (χ3v) is 5.18. The van der Waals surface area contributed by atoms with Crippen LogP contribution in [0.2, 0.25) is 0 Å². The monoisotopic (exact) mass is 394 g/mol. The number of nitrogens with one attached hydrogen (secondary N) is 2. The first-order valence-electron chi connectivity index (χ1n) is 9.77. The van der Waals surface area contributed by atoms with Crippen LogP contribution in [0.25, 0.3) is 0 Å². The first-order valence-corrected chi connectivity index (χ1v) is 11.2. The molecule has 1 aliphatic heterocycles. The van der Waals surface area contributed by atoms with E-state index in [4.69, 9.17) is 9.47 Å². The fraction of sp³-hybridized carbons (Fsp3) is 0.650. The summed E-state index contributed by atoms with van der Waals surface area (Å²) in [5.41, 5.74) is 1.14. The number of rotatable bonds is 11. The molecule has 6 nitrogen and oxygen atoms in total. The van der Waals surface area contributed by atoms with Crippen molar-refractivity contribution in [2.24, 2.45) is 4.99 Å². The van der Waals surface area contributed by atoms with Gasteiger partial charge in [0.1, 0.15) is 12.4 Å². The van der Waals surface area contributed by atoms with Gasteiger partial charge >= 0.3 is 0 Å². The SMILES string of the molecule is CN=C(NCCCCSC)NCc1ccccc1OCCN1CCOCC1. The van der Waals surface area contributed by atoms with Crippen LogP contribution in [-0.2, 0) is 11.3 Å². The number of morpholine rings is 1. The van der Waals surface area contributed by atoms with Crippen molar-refractivity contribution in [2.75, 3.05) is 65.1 Å². The molecule has 1 aromatic carbocycles. The lowest BCUT2D eigenvalue weighted by Gasteiger charge is -2.26. The van der Waals surface area contributed by atoms with Gasteiger partial charge in [-0.05, 0) is 30.9 Å². The van der Waals surface area contributed by atoms with Crippen LogP contribution in [0.3, 0.4) is 0 Å². The molecule has 0 atom stereocenters. The van der Waals surface area contributed by atoms with Gasteiger partial charge in [0.25, 0.3) is 0 Å². The Kier molecular flexibility index (Phi) is 11.1. The zero-order valence-electron chi connectivity index (χ0n) is 16.7. The minimum absolute atomic E-state index is 0.693. The van der Waals surface area contributed by atoms with E-state index in [1.54, 1.807) is 0 Å². The molecule has 0 radical (unpaired) electrons. The van der Waals surface area contributed by atoms with E-state index in [-0.39, 0.29) is 0 Å². The van der Waals surface area contributed by atoms with E-state index >= 15 is 0 Å². The van der Waals surface area contributed by atoms with E-state index < -0.39 is 0 Å². The van der Waals surface area contributed by atoms with Gasteiger partial charge in [0.15, 0.2) is 5.96 Å². The predicted molar refractivity (Wildman–Crippen MR) is 115 cm³/mol. The molecule has 0 unspecified atom stereocenters. The van der Waals surface area contributed by atoms with Crippen molar-refractivity contribution in [3.05, 3.63) is 29.8 Å². The normalized spacial score (nSPS) is 15.6. The second kappa shape index (κ2) is 13.7. The minimum atomic E-state index is 0.693. The molecule has 1 aliphatic rings. The number of para-hydroxylation sites is 1. The Morgan fingerprint density at radius 1 is 1.22 bits per heavy atom. The number of guanidine groups is 1. The maximum absolute atomic E-state index is 6.05. The molecule has 2 rings (SSSR count). The Bertz CT molecular complexity index is 551. The summed E-state index contributed by atoms with van der Waals surface area (Å²) in [6.07, 6.45) is 4.53. The first-order chi connectivity index (χ1) is 13.3. The largest absolute Gasteiger partial charge is 0.492 e. The number of benzene rings is 1. The zero-order valence-corrected chi connectivity index (χ0v) is 17.5. The molecule has 0 saturated carbocycles. The summed E-state index contributed by atoms with van der Waals surface area (Å²) in [7, 11) is 1.81. The average molecular weight is 395 g/mol. The molecule has 152 valence electrons. The Morgan fingerprint density at radius 2 is 2.04 bits per heavy atom. The Balaban J connectivity index is 1.73. The topological polar surface area (TPSA) is 58.1 Å². The molecular formula is C20H34N4O2S. The third kappa shape index (κ3) is 8.86. The molecule has 0 bridgehead atoms. The van der Waals surface area contributed by atoms with Crippen LogP contribution in [0, 0.1) is 0 Å². The Morgan fingerprint density at radius 3 is 2.81 bits per heavy atom. The summed E-state index contributed by atoms with van der Waals surface area (Å²) in [4.78, 5) is 6.69. The van der Waals surface area contributed by atoms with Crippen molar-refractivity contribution in [1.29, 1.82) is 0 Å². The van der Waals surface area contributed by atoms with Gasteiger partial charge in [0.2, 0.25) is 0 Å². The van der Waals surface area contributed by atoms with Crippen molar-refractivity contribution in [3.63, 3.8) is 0 Å². The number of ether oxygens (including phenoxy) is 2. The second-order valence-electron chi connectivity index (χ2n) is 6.46. The summed E-state index contributed by atoms with van der Waals surface area (Å²) in [6, 6.07) is 8.20. The smallest absolute Gasteiger partial charge is 0.191 e. The number of hydrogen-bond acceptors (Lipinski definition) is 5. The van der Waals surface area contributed by atoms with Crippen molar-refractivity contribution >= 4 is 17.7 Å². The summed E-state index contributed by atoms with van der Waals surface area (Å²) >= 11 is 1.89. The van der Waals surface area contributed by atoms with Crippen LogP contribution in [-0.4, -0.2) is 75.9 Å². The third-order valence-electron chi connectivity index (χ3n) is 4.48. The number of hydrogen-bond donors (Lipinski definition) is 2. The molecule has 1 heterocycles. The van der Waals surface area contributed by atoms with Gasteiger partial charge in [0, 0.05) is 45.3 Å². The van der Waals surface area contributed by atoms with E-state index in [1.807, 2.05) is 37.0 Å². The highest BCUT2D eigenvalue weighted by Crippen LogP contribution is 2.17. The molecule has 0 aromatic heterocycles. The molecule has 1 aromatic rings. The highest BCUT2D eigenvalue weighted by molar-refractivity contribution is 7.98. The molecule has 0 spiro atoms. The number of nitrogens with zero attached hydrogens (tertiary/aromatic N) is 2. The van der Waals surface area contributed by atoms with Crippen LogP contribution in [0.15, 0.2) is 29.3 Å². The highest BCUT2D eigenvalue weighted by Gasteiger charge is 2.10. The molecule has 0 aliphatic carbocycles. The molecule has 1 fully saturated rings. The van der Waals surface area contributed by atoms with Crippen molar-refractivity contribution in [2.45, 2.75) is 19.4 Å². The molecule has 0 amide bonds. The molecule has 7 heteroatoms. The van der Waals surface area contributed by atoms with E-state index in [0.717, 1.165) is 63.1 Å². The summed E-state index contributed by atoms with van der Waals surface area (Å²) in [5.74, 6) is 2.99. The van der Waals surface area contributed by atoms with Crippen molar-refractivity contribution in [1.82, 2.24) is 15.5 Å². The van der Waals surface area contributed by atoms with Gasteiger partial charge in [-0.1, -0.05) is 18.2 Å². The van der Waals surface area contributed by atoms with Gasteiger partial charge in [0.05, 0.1) is 13.2 Å². The molecule has 1 saturated heterocycles. The lowest BCUT2D eigenvalue weighted by atomic mass is 10.2. The highest BCUT2D eigenvalue weighted by atomic mass is 32.2. The molecular weight excluding hydrogens is 360 g/mol. The lowest BCUT2D eigenvalue weighted by Crippen LogP contribution is -2.38. The zero-order chi connectivity index (χ0) is 19.2. The maximum Gasteiger partial charge on any atom is 0.191 e. The van der Waals surface area contributed by atoms with Gasteiger partial charge in [-0.25, -0.2) is 0 Å². The van der Waals surface area contributed by atoms with Crippen LogP contribution in [0.1, 0.15) is 18.4 Å². The van der Waals surface area contributed by atoms with Gasteiger partial charge < -0.3 is 20.1 Å². The van der Waals surface area contributed by atoms with Crippen molar-refractivity contribution < 1.29 is 9.47 Å². The number of unbranched alkanes of at least 4 members (excludes halogenated alkanes) is 1. The number of thioether (sulfide) groups is 1. The van der Waals surface area contributed by atoms with Crippen LogP contribution < -0.4 is 15.4 Å². The summed E-state index contributed by atoms with van der Waals surface area (Å²) < 4.78 is 11.4. The van der Waals surface area contributed by atoms with Crippen molar-refractivity contribution in [3.8, 4) is 5.75 Å². The van der Waals surface area contributed by atoms with Crippen LogP contribution in [0.5, 0.6) is 5.75 Å². The predicted octanol–water partition coefficient (Wildman–Crippen LogP) is 2.21. The quantitative estimate of drug-likeness (QED) is 0.341. The van der Waals surface area contributed by atoms with Gasteiger partial charge in [-0.2, -0.15) is 11.8 Å². The lowest BCUT2D eigenvalue weighted by molar-refractivity contribution is 0.0322. The van der Waals surface area contributed by atoms with E-state index in [1.165, 1.54) is 12.2 Å². The standard InChI is InChI=1S/C20H34N4O2S/c1-21-20(22-9-5-6-16-27-2)23-17-18-7-3-4-8-19(18)26-15-12-24-10-13-25-14-11-24/h3-4,7-8H,5-6,9-17H2,1-2H3,(H2,21,22,23). The molecule has 2 N–H and O–H groups in total. The number of aliphatic imine (C=N–C) groups is 1. The Labute approximate surface area is 168 Å². The van der Waals surface area contributed by atoms with Gasteiger partial charge in [-0.3, -0.25) is 9.89 Å². The molecule has 27 heavy (non-hydrogen) atoms. The van der Waals surface area contributed by atoms with Crippen LogP contribution >= 0.6 is 11.8 Å². The Hall–Kier alpha value is -1.44. The maximum atomic E-state index is 6.05. The summed E-state index contributed by atoms with van der Waals surface area (Å²) in [5, 5.41) is 6.76. The fourth-order valence-corrected chi connectivity index (χ4v) is 3.37. The summed E-state index contributed by atoms with van der Waals surface area (Å²) in [6.45, 7) is 6.89. The van der Waals surface area contributed by atoms with E-state index in [0.29, 0.717) is 13.2 Å². The second-order valence-corrected chi connectivity index (χ2v) is 7.45. The minimum Gasteiger partial charge on any atom is -0.492 e. The first kappa shape index (κ1) is 21.9. The van der Waals surface area contributed by atoms with E-state index in [9.17, 15) is 0 Å². The van der Waals surface area contributed by atoms with E-state index in [2.05, 4.69) is 32.8 Å². The average Bonchev–Trinajstić information content (AvgIpc) is 2.72. The van der Waals surface area contributed by atoms with Gasteiger partial charge in [-0.15, -0.1) is 0 Å².